The monoisotopic (exact) mass is 336 g/mol. The highest BCUT2D eigenvalue weighted by molar-refractivity contribution is 6.08. The molecule has 1 heterocycles. The van der Waals surface area contributed by atoms with Gasteiger partial charge in [-0.3, -0.25) is 9.59 Å². The first-order valence-electron chi connectivity index (χ1n) is 8.02. The molecule has 0 unspecified atom stereocenters. The van der Waals surface area contributed by atoms with Crippen molar-refractivity contribution in [2.24, 2.45) is 5.73 Å². The number of nitrogens with one attached hydrogen (secondary N) is 1. The molecule has 3 rings (SSSR count). The molecule has 0 bridgehead atoms. The van der Waals surface area contributed by atoms with Crippen LogP contribution in [-0.4, -0.2) is 48.9 Å². The maximum absolute atomic E-state index is 12.5. The third-order valence-electron chi connectivity index (χ3n) is 4.01. The number of primary amides is 1. The fourth-order valence-corrected chi connectivity index (χ4v) is 2.69. The summed E-state index contributed by atoms with van der Waals surface area (Å²) in [7, 11) is 3.91. The minimum Gasteiger partial charge on any atom is -0.366 e. The molecule has 0 aliphatic carbocycles. The average Bonchev–Trinajstić information content (AvgIpc) is 2.58. The molecular formula is C19H20N4O2. The van der Waals surface area contributed by atoms with Gasteiger partial charge in [0, 0.05) is 29.4 Å². The van der Waals surface area contributed by atoms with Gasteiger partial charge in [0.2, 0.25) is 5.91 Å². The van der Waals surface area contributed by atoms with Crippen molar-refractivity contribution < 1.29 is 9.59 Å². The second-order valence-corrected chi connectivity index (χ2v) is 6.20. The van der Waals surface area contributed by atoms with Crippen molar-refractivity contribution in [2.75, 3.05) is 27.2 Å². The molecule has 128 valence electrons. The number of carbonyl (C=O) groups is 2. The number of pyridine rings is 1. The number of amides is 2. The Kier molecular flexibility index (Phi) is 4.63. The van der Waals surface area contributed by atoms with E-state index in [0.29, 0.717) is 28.7 Å². The number of hydrogen-bond donors (Lipinski definition) is 2. The van der Waals surface area contributed by atoms with Gasteiger partial charge in [-0.25, -0.2) is 4.98 Å². The number of benzene rings is 2. The summed E-state index contributed by atoms with van der Waals surface area (Å²) in [4.78, 5) is 30.5. The van der Waals surface area contributed by atoms with Crippen molar-refractivity contribution in [3.05, 3.63) is 53.6 Å². The summed E-state index contributed by atoms with van der Waals surface area (Å²) in [6.07, 6.45) is 0. The van der Waals surface area contributed by atoms with Crippen LogP contribution >= 0.6 is 0 Å². The van der Waals surface area contributed by atoms with Crippen LogP contribution in [0.25, 0.3) is 21.8 Å². The van der Waals surface area contributed by atoms with Crippen molar-refractivity contribution in [1.29, 1.82) is 0 Å². The van der Waals surface area contributed by atoms with E-state index in [9.17, 15) is 9.59 Å². The summed E-state index contributed by atoms with van der Waals surface area (Å²) in [6.45, 7) is 1.33. The molecule has 3 aromatic rings. The van der Waals surface area contributed by atoms with Crippen LogP contribution < -0.4 is 11.1 Å². The Morgan fingerprint density at radius 1 is 1.12 bits per heavy atom. The number of fused-ring (bicyclic) bond motifs is 2. The van der Waals surface area contributed by atoms with Gasteiger partial charge in [0.25, 0.3) is 5.91 Å². The average molecular weight is 336 g/mol. The molecular weight excluding hydrogens is 316 g/mol. The van der Waals surface area contributed by atoms with Crippen LogP contribution in [0.4, 0.5) is 0 Å². The predicted octanol–water partition coefficient (Wildman–Crippen LogP) is 1.78. The van der Waals surface area contributed by atoms with Gasteiger partial charge in [-0.15, -0.1) is 0 Å². The molecule has 1 aromatic heterocycles. The predicted molar refractivity (Wildman–Crippen MR) is 98.7 cm³/mol. The maximum Gasteiger partial charge on any atom is 0.253 e. The molecule has 0 radical (unpaired) electrons. The highest BCUT2D eigenvalue weighted by atomic mass is 16.2. The normalized spacial score (nSPS) is 11.2. The van der Waals surface area contributed by atoms with Crippen LogP contribution in [0.1, 0.15) is 20.7 Å². The molecule has 0 saturated heterocycles. The van der Waals surface area contributed by atoms with Crippen LogP contribution in [0.2, 0.25) is 0 Å². The molecule has 6 nitrogen and oxygen atoms in total. The number of carbonyl (C=O) groups excluding carboxylic acids is 2. The van der Waals surface area contributed by atoms with Crippen LogP contribution in [0.15, 0.2) is 42.5 Å². The maximum atomic E-state index is 12.5. The largest absolute Gasteiger partial charge is 0.366 e. The zero-order valence-electron chi connectivity index (χ0n) is 14.2. The van der Waals surface area contributed by atoms with Crippen molar-refractivity contribution >= 4 is 33.6 Å². The third kappa shape index (κ3) is 3.59. The lowest BCUT2D eigenvalue weighted by Gasteiger charge is -2.11. The van der Waals surface area contributed by atoms with Gasteiger partial charge in [-0.2, -0.15) is 0 Å². The van der Waals surface area contributed by atoms with Gasteiger partial charge in [0.05, 0.1) is 16.6 Å². The number of nitrogens with zero attached hydrogens (tertiary/aromatic N) is 2. The zero-order chi connectivity index (χ0) is 18.0. The summed E-state index contributed by atoms with van der Waals surface area (Å²) in [5.74, 6) is -0.621. The number of rotatable bonds is 5. The first kappa shape index (κ1) is 16.9. The first-order valence-corrected chi connectivity index (χ1v) is 8.02. The minimum absolute atomic E-state index is 0.145. The van der Waals surface area contributed by atoms with E-state index in [4.69, 9.17) is 5.73 Å². The lowest BCUT2D eigenvalue weighted by Crippen LogP contribution is -2.31. The molecule has 0 atom stereocenters. The molecule has 2 amide bonds. The second kappa shape index (κ2) is 6.86. The summed E-state index contributed by atoms with van der Waals surface area (Å²) >= 11 is 0. The zero-order valence-corrected chi connectivity index (χ0v) is 14.2. The van der Waals surface area contributed by atoms with E-state index in [0.717, 1.165) is 17.3 Å². The van der Waals surface area contributed by atoms with Crippen LogP contribution in [0.3, 0.4) is 0 Å². The number of nitrogens with two attached hydrogens (primary N) is 1. The molecule has 2 aromatic carbocycles. The summed E-state index contributed by atoms with van der Waals surface area (Å²) < 4.78 is 0. The SMILES string of the molecule is CN(C)CCNC(=O)c1cccc2cc3cc(C(N)=O)ccc3nc12. The summed E-state index contributed by atoms with van der Waals surface area (Å²) in [5.41, 5.74) is 7.67. The quantitative estimate of drug-likeness (QED) is 0.695. The van der Waals surface area contributed by atoms with Gasteiger partial charge >= 0.3 is 0 Å². The van der Waals surface area contributed by atoms with E-state index < -0.39 is 5.91 Å². The van der Waals surface area contributed by atoms with Gasteiger partial charge in [-0.1, -0.05) is 12.1 Å². The molecule has 3 N–H and O–H groups in total. The van der Waals surface area contributed by atoms with E-state index in [-0.39, 0.29) is 5.91 Å². The standard InChI is InChI=1S/C19H20N4O2/c1-23(2)9-8-21-19(25)15-5-3-4-12-10-14-11-13(18(20)24)6-7-16(14)22-17(12)15/h3-7,10-11H,8-9H2,1-2H3,(H2,20,24)(H,21,25). The number of likely N-dealkylation sites (N-methyl/N-ethyl adjacent to an activating group) is 1. The van der Waals surface area contributed by atoms with Crippen molar-refractivity contribution in [3.8, 4) is 0 Å². The van der Waals surface area contributed by atoms with E-state index in [1.807, 2.05) is 37.2 Å². The molecule has 0 aliphatic rings. The minimum atomic E-state index is -0.476. The molecule has 6 heteroatoms. The smallest absolute Gasteiger partial charge is 0.253 e. The summed E-state index contributed by atoms with van der Waals surface area (Å²) in [6, 6.07) is 12.5. The van der Waals surface area contributed by atoms with Gasteiger partial charge in [0.1, 0.15) is 0 Å². The highest BCUT2D eigenvalue weighted by Gasteiger charge is 2.12. The Hall–Kier alpha value is -2.99. The van der Waals surface area contributed by atoms with Gasteiger partial charge < -0.3 is 16.0 Å². The van der Waals surface area contributed by atoms with E-state index in [1.165, 1.54) is 0 Å². The Labute approximate surface area is 145 Å². The van der Waals surface area contributed by atoms with Gasteiger partial charge in [0.15, 0.2) is 0 Å². The third-order valence-corrected chi connectivity index (χ3v) is 4.01. The van der Waals surface area contributed by atoms with Crippen molar-refractivity contribution in [2.45, 2.75) is 0 Å². The Bertz CT molecular complexity index is 966. The molecule has 0 spiro atoms. The van der Waals surface area contributed by atoms with Crippen molar-refractivity contribution in [1.82, 2.24) is 15.2 Å². The first-order chi connectivity index (χ1) is 12.0. The molecule has 0 aliphatic heterocycles. The fraction of sp³-hybridized carbons (Fsp3) is 0.211. The van der Waals surface area contributed by atoms with Crippen LogP contribution in [0.5, 0.6) is 0 Å². The van der Waals surface area contributed by atoms with Crippen LogP contribution in [-0.2, 0) is 0 Å². The molecule has 0 saturated carbocycles. The highest BCUT2D eigenvalue weighted by Crippen LogP contribution is 2.23. The van der Waals surface area contributed by atoms with Crippen molar-refractivity contribution in [3.63, 3.8) is 0 Å². The topological polar surface area (TPSA) is 88.3 Å². The van der Waals surface area contributed by atoms with E-state index in [2.05, 4.69) is 10.3 Å². The Morgan fingerprint density at radius 2 is 1.92 bits per heavy atom. The molecule has 25 heavy (non-hydrogen) atoms. The lowest BCUT2D eigenvalue weighted by molar-refractivity contribution is 0.0951. The fourth-order valence-electron chi connectivity index (χ4n) is 2.69. The van der Waals surface area contributed by atoms with Gasteiger partial charge in [-0.05, 0) is 44.4 Å². The lowest BCUT2D eigenvalue weighted by atomic mass is 10.0. The number of para-hydroxylation sites is 1. The summed E-state index contributed by atoms with van der Waals surface area (Å²) in [5, 5.41) is 4.57. The van der Waals surface area contributed by atoms with E-state index >= 15 is 0 Å². The Balaban J connectivity index is 2.01. The number of hydrogen-bond acceptors (Lipinski definition) is 4. The molecule has 0 fully saturated rings. The van der Waals surface area contributed by atoms with E-state index in [1.54, 1.807) is 24.3 Å². The Morgan fingerprint density at radius 3 is 2.64 bits per heavy atom. The number of aromatic nitrogens is 1. The van der Waals surface area contributed by atoms with Crippen LogP contribution in [0, 0.1) is 0 Å². The second-order valence-electron chi connectivity index (χ2n) is 6.20.